The Balaban J connectivity index is 1.34. The van der Waals surface area contributed by atoms with Crippen LogP contribution < -0.4 is 10.1 Å². The number of nitrogens with zero attached hydrogens (tertiary/aromatic N) is 1. The minimum Gasteiger partial charge on any atom is -0.489 e. The number of halogens is 1. The Morgan fingerprint density at radius 3 is 2.30 bits per heavy atom. The minimum absolute atomic E-state index is 0.0876. The van der Waals surface area contributed by atoms with E-state index in [0.29, 0.717) is 42.3 Å². The van der Waals surface area contributed by atoms with E-state index >= 15 is 0 Å². The van der Waals surface area contributed by atoms with E-state index in [1.54, 1.807) is 18.2 Å². The molecule has 1 aliphatic carbocycles. The third-order valence-corrected chi connectivity index (χ3v) is 7.34. The fourth-order valence-corrected chi connectivity index (χ4v) is 5.23. The molecule has 0 unspecified atom stereocenters. The summed E-state index contributed by atoms with van der Waals surface area (Å²) >= 11 is 6.37. The number of benzene rings is 2. The molecule has 1 heterocycles. The summed E-state index contributed by atoms with van der Waals surface area (Å²) in [6.45, 7) is 0.872. The maximum Gasteiger partial charge on any atom is 0.251 e. The van der Waals surface area contributed by atoms with E-state index < -0.39 is 10.0 Å². The number of rotatable bonds is 5. The van der Waals surface area contributed by atoms with Crippen molar-refractivity contribution in [2.24, 2.45) is 0 Å². The molecule has 1 amide bonds. The van der Waals surface area contributed by atoms with Gasteiger partial charge in [-0.25, -0.2) is 12.7 Å². The van der Waals surface area contributed by atoms with Crippen molar-refractivity contribution in [1.29, 1.82) is 0 Å². The molecule has 2 aromatic rings. The lowest BCUT2D eigenvalue weighted by Crippen LogP contribution is -2.41. The van der Waals surface area contributed by atoms with Crippen LogP contribution in [-0.2, 0) is 22.9 Å². The van der Waals surface area contributed by atoms with Gasteiger partial charge in [-0.15, -0.1) is 0 Å². The smallest absolute Gasteiger partial charge is 0.251 e. The molecule has 8 heteroatoms. The van der Waals surface area contributed by atoms with E-state index in [-0.39, 0.29) is 18.1 Å². The highest BCUT2D eigenvalue weighted by molar-refractivity contribution is 7.88. The van der Waals surface area contributed by atoms with Gasteiger partial charge < -0.3 is 10.1 Å². The average Bonchev–Trinajstić information content (AvgIpc) is 3.11. The van der Waals surface area contributed by atoms with Crippen molar-refractivity contribution in [3.63, 3.8) is 0 Å². The molecule has 30 heavy (non-hydrogen) atoms. The van der Waals surface area contributed by atoms with Crippen molar-refractivity contribution in [1.82, 2.24) is 9.62 Å². The molecule has 160 valence electrons. The number of carbonyl (C=O) groups is 1. The topological polar surface area (TPSA) is 75.7 Å². The van der Waals surface area contributed by atoms with Crippen molar-refractivity contribution in [3.05, 3.63) is 64.2 Å². The number of hydrogen-bond acceptors (Lipinski definition) is 4. The van der Waals surface area contributed by atoms with Gasteiger partial charge in [-0.05, 0) is 55.0 Å². The maximum absolute atomic E-state index is 12.7. The molecule has 0 aromatic heterocycles. The summed E-state index contributed by atoms with van der Waals surface area (Å²) in [5.74, 6) is 0.363. The first-order chi connectivity index (χ1) is 14.3. The first kappa shape index (κ1) is 21.2. The van der Waals surface area contributed by atoms with Gasteiger partial charge in [-0.3, -0.25) is 4.79 Å². The standard InChI is InChI=1S/C22H25ClN2O4S/c1-30(27,28)25-10-8-19(9-11-25)29-21-7-6-17(14-20(21)23)22(26)24-18-12-15-4-2-3-5-16(15)13-18/h2-7,14,18-19H,8-13H2,1H3,(H,24,26). The van der Waals surface area contributed by atoms with Crippen molar-refractivity contribution < 1.29 is 17.9 Å². The summed E-state index contributed by atoms with van der Waals surface area (Å²) < 4.78 is 30.7. The number of piperidine rings is 1. The lowest BCUT2D eigenvalue weighted by Gasteiger charge is -2.30. The molecule has 2 aliphatic rings. The lowest BCUT2D eigenvalue weighted by molar-refractivity contribution is 0.0938. The van der Waals surface area contributed by atoms with Gasteiger partial charge in [0.15, 0.2) is 0 Å². The Morgan fingerprint density at radius 2 is 1.73 bits per heavy atom. The van der Waals surface area contributed by atoms with E-state index in [2.05, 4.69) is 17.4 Å². The zero-order chi connectivity index (χ0) is 21.3. The summed E-state index contributed by atoms with van der Waals surface area (Å²) in [4.78, 5) is 12.7. The Hall–Kier alpha value is -2.09. The molecule has 0 spiro atoms. The van der Waals surface area contributed by atoms with Crippen LogP contribution in [0.4, 0.5) is 0 Å². The van der Waals surface area contributed by atoms with Crippen molar-refractivity contribution in [2.45, 2.75) is 37.8 Å². The predicted molar refractivity (Wildman–Crippen MR) is 117 cm³/mol. The van der Waals surface area contributed by atoms with Gasteiger partial charge in [0.1, 0.15) is 11.9 Å². The van der Waals surface area contributed by atoms with Crippen molar-refractivity contribution >= 4 is 27.5 Å². The predicted octanol–water partition coefficient (Wildman–Crippen LogP) is 3.04. The first-order valence-corrected chi connectivity index (χ1v) is 12.3. The van der Waals surface area contributed by atoms with Crippen LogP contribution in [0.25, 0.3) is 0 Å². The number of carbonyl (C=O) groups excluding carboxylic acids is 1. The summed E-state index contributed by atoms with van der Waals surface area (Å²) in [5.41, 5.74) is 3.06. The van der Waals surface area contributed by atoms with E-state index in [9.17, 15) is 13.2 Å². The first-order valence-electron chi connectivity index (χ1n) is 10.1. The zero-order valence-electron chi connectivity index (χ0n) is 16.8. The van der Waals surface area contributed by atoms with Crippen molar-refractivity contribution in [2.75, 3.05) is 19.3 Å². The van der Waals surface area contributed by atoms with E-state index in [4.69, 9.17) is 16.3 Å². The quantitative estimate of drug-likeness (QED) is 0.762. The monoisotopic (exact) mass is 448 g/mol. The van der Waals surface area contributed by atoms with Gasteiger partial charge in [-0.1, -0.05) is 35.9 Å². The van der Waals surface area contributed by atoms with E-state index in [0.717, 1.165) is 12.8 Å². The fourth-order valence-electron chi connectivity index (χ4n) is 4.13. The highest BCUT2D eigenvalue weighted by Crippen LogP contribution is 2.29. The van der Waals surface area contributed by atoms with E-state index in [1.807, 2.05) is 12.1 Å². The normalized spacial score (nSPS) is 18.2. The molecule has 0 radical (unpaired) electrons. The SMILES string of the molecule is CS(=O)(=O)N1CCC(Oc2ccc(C(=O)NC3Cc4ccccc4C3)cc2Cl)CC1. The second kappa shape index (κ2) is 8.57. The Bertz CT molecular complexity index is 1020. The van der Waals surface area contributed by atoms with Crippen LogP contribution in [0.2, 0.25) is 5.02 Å². The third-order valence-electron chi connectivity index (χ3n) is 5.74. The Morgan fingerprint density at radius 1 is 1.10 bits per heavy atom. The number of fused-ring (bicyclic) bond motifs is 1. The molecule has 1 aliphatic heterocycles. The second-order valence-corrected chi connectivity index (χ2v) is 10.4. The molecule has 1 N–H and O–H groups in total. The maximum atomic E-state index is 12.7. The number of sulfonamides is 1. The van der Waals surface area contributed by atoms with Crippen LogP contribution in [0.15, 0.2) is 42.5 Å². The molecule has 2 aromatic carbocycles. The summed E-state index contributed by atoms with van der Waals surface area (Å²) in [7, 11) is -3.17. The second-order valence-electron chi connectivity index (χ2n) is 7.97. The van der Waals surface area contributed by atoms with Crippen LogP contribution in [0.3, 0.4) is 0 Å². The minimum atomic E-state index is -3.17. The van der Waals surface area contributed by atoms with Gasteiger partial charge in [0.2, 0.25) is 10.0 Å². The molecule has 0 bridgehead atoms. The summed E-state index contributed by atoms with van der Waals surface area (Å²) in [6.07, 6.45) is 4.00. The molecule has 6 nitrogen and oxygen atoms in total. The zero-order valence-corrected chi connectivity index (χ0v) is 18.4. The lowest BCUT2D eigenvalue weighted by atomic mass is 10.1. The van der Waals surface area contributed by atoms with Crippen LogP contribution in [-0.4, -0.2) is 50.1 Å². The molecular formula is C22H25ClN2O4S. The molecule has 1 fully saturated rings. The van der Waals surface area contributed by atoms with Gasteiger partial charge in [-0.2, -0.15) is 0 Å². The number of nitrogens with one attached hydrogen (secondary N) is 1. The highest BCUT2D eigenvalue weighted by atomic mass is 35.5. The molecule has 4 rings (SSSR count). The summed E-state index contributed by atoms with van der Waals surface area (Å²) in [6, 6.07) is 13.4. The van der Waals surface area contributed by atoms with Crippen LogP contribution in [0.1, 0.15) is 34.3 Å². The van der Waals surface area contributed by atoms with Gasteiger partial charge in [0.25, 0.3) is 5.91 Å². The molecule has 0 saturated carbocycles. The molecule has 1 saturated heterocycles. The van der Waals surface area contributed by atoms with Crippen LogP contribution in [0.5, 0.6) is 5.75 Å². The van der Waals surface area contributed by atoms with Gasteiger partial charge in [0, 0.05) is 24.7 Å². The van der Waals surface area contributed by atoms with E-state index in [1.165, 1.54) is 21.7 Å². The highest BCUT2D eigenvalue weighted by Gasteiger charge is 2.27. The molecule has 0 atom stereocenters. The average molecular weight is 449 g/mol. The Labute approximate surface area is 182 Å². The number of amides is 1. The fraction of sp³-hybridized carbons (Fsp3) is 0.409. The number of hydrogen-bond donors (Lipinski definition) is 1. The van der Waals surface area contributed by atoms with Crippen LogP contribution >= 0.6 is 11.6 Å². The number of ether oxygens (including phenoxy) is 1. The summed E-state index contributed by atoms with van der Waals surface area (Å²) in [5, 5.41) is 3.47. The third kappa shape index (κ3) is 4.79. The Kier molecular flexibility index (Phi) is 6.04. The molecular weight excluding hydrogens is 424 g/mol. The van der Waals surface area contributed by atoms with Crippen LogP contribution in [0, 0.1) is 0 Å². The largest absolute Gasteiger partial charge is 0.489 e. The van der Waals surface area contributed by atoms with Gasteiger partial charge in [0.05, 0.1) is 11.3 Å². The van der Waals surface area contributed by atoms with Gasteiger partial charge >= 0.3 is 0 Å². The van der Waals surface area contributed by atoms with Crippen molar-refractivity contribution in [3.8, 4) is 5.75 Å².